The molecule has 0 fully saturated rings. The molecule has 2 aromatic rings. The number of H-pyrrole nitrogens is 1. The molecular weight excluding hydrogens is 244 g/mol. The number of nitrogens with one attached hydrogen (secondary N) is 1. The van der Waals surface area contributed by atoms with Crippen LogP contribution in [0.25, 0.3) is 0 Å². The maximum Gasteiger partial charge on any atom is 0.359 e. The fourth-order valence-corrected chi connectivity index (χ4v) is 2.57. The Bertz CT molecular complexity index is 573. The van der Waals surface area contributed by atoms with Gasteiger partial charge in [0.25, 0.3) is 0 Å². The van der Waals surface area contributed by atoms with Gasteiger partial charge in [-0.25, -0.2) is 4.79 Å². The number of rotatable bonds is 3. The molecule has 0 bridgehead atoms. The summed E-state index contributed by atoms with van der Waals surface area (Å²) in [6.45, 7) is 2.16. The topological polar surface area (TPSA) is 72.8 Å². The molecule has 0 saturated carbocycles. The predicted octanol–water partition coefficient (Wildman–Crippen LogP) is 1.51. The van der Waals surface area contributed by atoms with Crippen molar-refractivity contribution in [3.63, 3.8) is 0 Å². The van der Waals surface area contributed by atoms with E-state index in [-0.39, 0.29) is 12.0 Å². The Labute approximate surface area is 110 Å². The first kappa shape index (κ1) is 12.0. The molecule has 6 heteroatoms. The van der Waals surface area contributed by atoms with E-state index in [0.717, 1.165) is 30.5 Å². The van der Waals surface area contributed by atoms with Gasteiger partial charge in [0, 0.05) is 23.7 Å². The number of aryl methyl sites for hydroxylation is 1. The van der Waals surface area contributed by atoms with Crippen LogP contribution in [0.1, 0.15) is 41.1 Å². The zero-order valence-electron chi connectivity index (χ0n) is 10.8. The summed E-state index contributed by atoms with van der Waals surface area (Å²) in [4.78, 5) is 11.8. The Balaban J connectivity index is 1.86. The summed E-state index contributed by atoms with van der Waals surface area (Å²) in [7, 11) is 0. The van der Waals surface area contributed by atoms with Gasteiger partial charge in [0.1, 0.15) is 0 Å². The molecule has 1 unspecified atom stereocenters. The lowest BCUT2D eigenvalue weighted by Gasteiger charge is -2.22. The highest BCUT2D eigenvalue weighted by atomic mass is 16.5. The van der Waals surface area contributed by atoms with E-state index in [9.17, 15) is 4.79 Å². The Morgan fingerprint density at radius 2 is 2.53 bits per heavy atom. The van der Waals surface area contributed by atoms with Crippen molar-refractivity contribution in [3.8, 4) is 0 Å². The third kappa shape index (κ3) is 2.14. The van der Waals surface area contributed by atoms with Gasteiger partial charge in [-0.2, -0.15) is 10.2 Å². The van der Waals surface area contributed by atoms with Gasteiger partial charge in [0.05, 0.1) is 12.6 Å². The van der Waals surface area contributed by atoms with Gasteiger partial charge in [-0.3, -0.25) is 9.78 Å². The van der Waals surface area contributed by atoms with E-state index in [4.69, 9.17) is 4.74 Å². The molecule has 1 atom stereocenters. The highest BCUT2D eigenvalue weighted by molar-refractivity contribution is 5.89. The lowest BCUT2D eigenvalue weighted by Crippen LogP contribution is -2.20. The summed E-state index contributed by atoms with van der Waals surface area (Å²) in [6, 6.07) is 2.20. The highest BCUT2D eigenvalue weighted by Gasteiger charge is 2.28. The number of aromatic nitrogens is 4. The minimum absolute atomic E-state index is 0.285. The number of carbonyl (C=O) groups excluding carboxylic acids is 1. The molecular formula is C13H16N4O2. The predicted molar refractivity (Wildman–Crippen MR) is 67.8 cm³/mol. The molecule has 19 heavy (non-hydrogen) atoms. The quantitative estimate of drug-likeness (QED) is 0.849. The molecule has 0 radical (unpaired) electrons. The number of nitrogens with zero attached hydrogens (tertiary/aromatic N) is 3. The zero-order valence-corrected chi connectivity index (χ0v) is 10.8. The van der Waals surface area contributed by atoms with E-state index in [1.807, 2.05) is 16.9 Å². The van der Waals surface area contributed by atoms with Gasteiger partial charge in [-0.15, -0.1) is 0 Å². The van der Waals surface area contributed by atoms with E-state index in [2.05, 4.69) is 15.3 Å². The number of carbonyl (C=O) groups is 1. The number of aromatic amines is 1. The maximum atomic E-state index is 11.8. The van der Waals surface area contributed by atoms with E-state index in [1.165, 1.54) is 0 Å². The van der Waals surface area contributed by atoms with Crippen LogP contribution in [0.2, 0.25) is 0 Å². The Hall–Kier alpha value is -2.11. The van der Waals surface area contributed by atoms with E-state index < -0.39 is 0 Å². The van der Waals surface area contributed by atoms with Crippen molar-refractivity contribution >= 4 is 5.97 Å². The lowest BCUT2D eigenvalue weighted by atomic mass is 9.91. The standard InChI is InChI=1S/C13H16N4O2/c1-2-19-13(18)12-10-8-9(17-7-3-6-14-17)4-5-11(10)15-16-12/h3,6-7,9H,2,4-5,8H2,1H3,(H,15,16). The molecule has 0 spiro atoms. The summed E-state index contributed by atoms with van der Waals surface area (Å²) >= 11 is 0. The average Bonchev–Trinajstić information content (AvgIpc) is 3.07. The molecule has 2 heterocycles. The molecule has 1 aliphatic carbocycles. The summed E-state index contributed by atoms with van der Waals surface area (Å²) in [5, 5.41) is 11.3. The van der Waals surface area contributed by atoms with Crippen molar-refractivity contribution in [3.05, 3.63) is 35.4 Å². The largest absolute Gasteiger partial charge is 0.461 e. The molecule has 1 N–H and O–H groups in total. The second kappa shape index (κ2) is 4.87. The summed E-state index contributed by atoms with van der Waals surface area (Å²) in [5.41, 5.74) is 2.45. The summed E-state index contributed by atoms with van der Waals surface area (Å²) in [6.07, 6.45) is 6.38. The van der Waals surface area contributed by atoms with E-state index in [0.29, 0.717) is 12.3 Å². The number of ether oxygens (including phenoxy) is 1. The van der Waals surface area contributed by atoms with Crippen molar-refractivity contribution in [1.29, 1.82) is 0 Å². The maximum absolute atomic E-state index is 11.8. The summed E-state index contributed by atoms with van der Waals surface area (Å²) < 4.78 is 6.98. The number of hydrogen-bond acceptors (Lipinski definition) is 4. The van der Waals surface area contributed by atoms with Crippen molar-refractivity contribution in [2.75, 3.05) is 6.61 Å². The van der Waals surface area contributed by atoms with Crippen LogP contribution >= 0.6 is 0 Å². The molecule has 6 nitrogen and oxygen atoms in total. The minimum Gasteiger partial charge on any atom is -0.461 e. The van der Waals surface area contributed by atoms with Crippen LogP contribution in [-0.2, 0) is 17.6 Å². The molecule has 2 aromatic heterocycles. The minimum atomic E-state index is -0.346. The molecule has 0 amide bonds. The van der Waals surface area contributed by atoms with Crippen LogP contribution in [0.5, 0.6) is 0 Å². The normalized spacial score (nSPS) is 18.1. The third-order valence-corrected chi connectivity index (χ3v) is 3.49. The fraction of sp³-hybridized carbons (Fsp3) is 0.462. The number of esters is 1. The van der Waals surface area contributed by atoms with Gasteiger partial charge in [0.15, 0.2) is 5.69 Å². The van der Waals surface area contributed by atoms with Gasteiger partial charge >= 0.3 is 5.97 Å². The van der Waals surface area contributed by atoms with Crippen molar-refractivity contribution in [2.24, 2.45) is 0 Å². The summed E-state index contributed by atoms with van der Waals surface area (Å²) in [5.74, 6) is -0.346. The first-order valence-electron chi connectivity index (χ1n) is 6.52. The number of fused-ring (bicyclic) bond motifs is 1. The van der Waals surface area contributed by atoms with Crippen molar-refractivity contribution in [2.45, 2.75) is 32.2 Å². The first-order chi connectivity index (χ1) is 9.29. The Morgan fingerprint density at radius 3 is 3.26 bits per heavy atom. The van der Waals surface area contributed by atoms with Crippen LogP contribution in [0.15, 0.2) is 18.5 Å². The second-order valence-corrected chi connectivity index (χ2v) is 4.63. The monoisotopic (exact) mass is 260 g/mol. The zero-order chi connectivity index (χ0) is 13.2. The van der Waals surface area contributed by atoms with E-state index in [1.54, 1.807) is 13.1 Å². The number of hydrogen-bond donors (Lipinski definition) is 1. The molecule has 0 saturated heterocycles. The third-order valence-electron chi connectivity index (χ3n) is 3.49. The molecule has 100 valence electrons. The molecule has 0 aliphatic heterocycles. The smallest absolute Gasteiger partial charge is 0.359 e. The lowest BCUT2D eigenvalue weighted by molar-refractivity contribution is 0.0517. The van der Waals surface area contributed by atoms with Crippen molar-refractivity contribution in [1.82, 2.24) is 20.0 Å². The van der Waals surface area contributed by atoms with Gasteiger partial charge < -0.3 is 4.74 Å². The van der Waals surface area contributed by atoms with Crippen LogP contribution in [0.3, 0.4) is 0 Å². The molecule has 0 aromatic carbocycles. The first-order valence-corrected chi connectivity index (χ1v) is 6.52. The highest BCUT2D eigenvalue weighted by Crippen LogP contribution is 2.29. The van der Waals surface area contributed by atoms with Gasteiger partial charge in [-0.1, -0.05) is 0 Å². The van der Waals surface area contributed by atoms with Crippen LogP contribution in [0.4, 0.5) is 0 Å². The fourth-order valence-electron chi connectivity index (χ4n) is 2.57. The van der Waals surface area contributed by atoms with Crippen LogP contribution < -0.4 is 0 Å². The van der Waals surface area contributed by atoms with Gasteiger partial charge in [0.2, 0.25) is 0 Å². The van der Waals surface area contributed by atoms with Gasteiger partial charge in [-0.05, 0) is 32.3 Å². The average molecular weight is 260 g/mol. The Morgan fingerprint density at radius 1 is 1.63 bits per heavy atom. The van der Waals surface area contributed by atoms with Crippen LogP contribution in [-0.4, -0.2) is 32.6 Å². The molecule has 1 aliphatic rings. The van der Waals surface area contributed by atoms with E-state index >= 15 is 0 Å². The van der Waals surface area contributed by atoms with Crippen molar-refractivity contribution < 1.29 is 9.53 Å². The van der Waals surface area contributed by atoms with Crippen LogP contribution in [0, 0.1) is 0 Å². The SMILES string of the molecule is CCOC(=O)c1n[nH]c2c1CC(n1cccn1)CC2. The second-order valence-electron chi connectivity index (χ2n) is 4.63. The molecule has 3 rings (SSSR count). The Kier molecular flexibility index (Phi) is 3.06.